The van der Waals surface area contributed by atoms with Crippen molar-refractivity contribution in [1.29, 1.82) is 0 Å². The fourth-order valence-corrected chi connectivity index (χ4v) is 9.35. The minimum atomic E-state index is -0.333. The molecular formula is C59H40F2N2. The molecule has 0 heterocycles. The molecule has 0 amide bonds. The summed E-state index contributed by atoms with van der Waals surface area (Å²) in [6.07, 6.45) is 0. The van der Waals surface area contributed by atoms with E-state index in [4.69, 9.17) is 0 Å². The third kappa shape index (κ3) is 6.64. The summed E-state index contributed by atoms with van der Waals surface area (Å²) in [5.41, 5.74) is 10.3. The highest BCUT2D eigenvalue weighted by Crippen LogP contribution is 2.51. The van der Waals surface area contributed by atoms with Gasteiger partial charge in [-0.05, 0) is 117 Å². The lowest BCUT2D eigenvalue weighted by atomic mass is 9.91. The quantitative estimate of drug-likeness (QED) is 0.134. The SMILES string of the molecule is Cc1cc(F)c(N(c2ccccc2)c2ccc3ccc4c(N(c5ccccc5)c5c(F)cc(-c6ccccc6)cc5-c5ccccc5)ccc5ccc2c3c54)c(-c2ccccc2)c1. The fraction of sp³-hybridized carbons (Fsp3) is 0.0169. The van der Waals surface area contributed by atoms with Gasteiger partial charge in [0, 0.05) is 33.3 Å². The average Bonchev–Trinajstić information content (AvgIpc) is 3.34. The minimum absolute atomic E-state index is 0.307. The number of benzene rings is 11. The van der Waals surface area contributed by atoms with Crippen LogP contribution in [0.5, 0.6) is 0 Å². The molecule has 0 bridgehead atoms. The zero-order chi connectivity index (χ0) is 42.4. The Morgan fingerprint density at radius 1 is 0.333 bits per heavy atom. The summed E-state index contributed by atoms with van der Waals surface area (Å²) in [5, 5.41) is 6.15. The van der Waals surface area contributed by atoms with Gasteiger partial charge in [0.15, 0.2) is 0 Å². The van der Waals surface area contributed by atoms with E-state index < -0.39 is 0 Å². The standard InChI is InChI=1S/C59H40F2N2/c1-39-35-50(41-19-9-3-10-20-41)58(52(60)36-39)62(46-23-13-5-14-24-46)54-33-29-43-28-32-49-55(34-30-44-27-31-48(54)56(43)57(44)49)63(47-25-15-6-16-26-47)59-51(42-21-11-4-12-22-42)37-45(38-53(59)61)40-17-7-2-8-18-40/h2-38H,1H3. The molecule has 0 saturated carbocycles. The van der Waals surface area contributed by atoms with E-state index in [1.165, 1.54) is 0 Å². The fourth-order valence-electron chi connectivity index (χ4n) is 9.35. The third-order valence-electron chi connectivity index (χ3n) is 12.1. The van der Waals surface area contributed by atoms with Crippen molar-refractivity contribution in [3.05, 3.63) is 242 Å². The van der Waals surface area contributed by atoms with Crippen LogP contribution in [0.4, 0.5) is 42.9 Å². The van der Waals surface area contributed by atoms with E-state index in [1.54, 1.807) is 12.1 Å². The number of hydrogen-bond donors (Lipinski definition) is 0. The van der Waals surface area contributed by atoms with Crippen molar-refractivity contribution in [2.24, 2.45) is 0 Å². The van der Waals surface area contributed by atoms with Crippen LogP contribution in [0.1, 0.15) is 5.56 Å². The molecule has 11 aromatic carbocycles. The third-order valence-corrected chi connectivity index (χ3v) is 12.1. The predicted molar refractivity (Wildman–Crippen MR) is 260 cm³/mol. The van der Waals surface area contributed by atoms with E-state index in [2.05, 4.69) is 70.5 Å². The maximum absolute atomic E-state index is 17.5. The van der Waals surface area contributed by atoms with Crippen molar-refractivity contribution in [3.8, 4) is 33.4 Å². The lowest BCUT2D eigenvalue weighted by molar-refractivity contribution is 0.628. The number of anilines is 6. The molecule has 0 aliphatic carbocycles. The lowest BCUT2D eigenvalue weighted by Gasteiger charge is -2.31. The van der Waals surface area contributed by atoms with Gasteiger partial charge in [-0.15, -0.1) is 0 Å². The predicted octanol–water partition coefficient (Wildman–Crippen LogP) is 17.1. The molecule has 11 aromatic rings. The van der Waals surface area contributed by atoms with Gasteiger partial charge < -0.3 is 9.80 Å². The first-order chi connectivity index (χ1) is 31.0. The van der Waals surface area contributed by atoms with Gasteiger partial charge in [-0.3, -0.25) is 0 Å². The van der Waals surface area contributed by atoms with Gasteiger partial charge in [0.05, 0.1) is 22.7 Å². The summed E-state index contributed by atoms with van der Waals surface area (Å²) in [6, 6.07) is 74.7. The summed E-state index contributed by atoms with van der Waals surface area (Å²) >= 11 is 0. The normalized spacial score (nSPS) is 11.4. The van der Waals surface area contributed by atoms with E-state index in [1.807, 2.05) is 159 Å². The minimum Gasteiger partial charge on any atom is -0.307 e. The molecule has 0 aromatic heterocycles. The molecule has 0 fully saturated rings. The second-order valence-electron chi connectivity index (χ2n) is 16.0. The zero-order valence-corrected chi connectivity index (χ0v) is 34.5. The van der Waals surface area contributed by atoms with Gasteiger partial charge in [-0.2, -0.15) is 0 Å². The van der Waals surface area contributed by atoms with Crippen molar-refractivity contribution in [1.82, 2.24) is 0 Å². The molecule has 0 radical (unpaired) electrons. The Kier molecular flexibility index (Phi) is 9.47. The zero-order valence-electron chi connectivity index (χ0n) is 34.5. The van der Waals surface area contributed by atoms with Crippen LogP contribution in [-0.4, -0.2) is 0 Å². The molecule has 63 heavy (non-hydrogen) atoms. The summed E-state index contributed by atoms with van der Waals surface area (Å²) < 4.78 is 34.4. The van der Waals surface area contributed by atoms with E-state index in [9.17, 15) is 0 Å². The molecule has 0 atom stereocenters. The number of rotatable bonds is 9. The van der Waals surface area contributed by atoms with Gasteiger partial charge in [0.25, 0.3) is 0 Å². The average molecular weight is 815 g/mol. The monoisotopic (exact) mass is 814 g/mol. The first kappa shape index (κ1) is 37.9. The van der Waals surface area contributed by atoms with Crippen molar-refractivity contribution in [3.63, 3.8) is 0 Å². The Balaban J connectivity index is 1.19. The largest absolute Gasteiger partial charge is 0.307 e. The molecule has 0 unspecified atom stereocenters. The molecule has 300 valence electrons. The van der Waals surface area contributed by atoms with Gasteiger partial charge in [-0.1, -0.05) is 164 Å². The van der Waals surface area contributed by atoms with E-state index in [0.29, 0.717) is 11.4 Å². The van der Waals surface area contributed by atoms with Crippen LogP contribution in [-0.2, 0) is 0 Å². The van der Waals surface area contributed by atoms with Crippen LogP contribution < -0.4 is 9.80 Å². The van der Waals surface area contributed by atoms with Gasteiger partial charge in [0.2, 0.25) is 0 Å². The highest BCUT2D eigenvalue weighted by molar-refractivity contribution is 6.28. The van der Waals surface area contributed by atoms with Gasteiger partial charge >= 0.3 is 0 Å². The molecular weight excluding hydrogens is 775 g/mol. The Morgan fingerprint density at radius 3 is 1.17 bits per heavy atom. The summed E-state index contributed by atoms with van der Waals surface area (Å²) in [5.74, 6) is -0.640. The lowest BCUT2D eigenvalue weighted by Crippen LogP contribution is -2.14. The van der Waals surface area contributed by atoms with Crippen LogP contribution in [0.3, 0.4) is 0 Å². The number of aryl methyl sites for hydroxylation is 1. The Morgan fingerprint density at radius 2 is 0.714 bits per heavy atom. The Labute approximate surface area is 365 Å². The van der Waals surface area contributed by atoms with Crippen LogP contribution in [0.2, 0.25) is 0 Å². The molecule has 4 heteroatoms. The number of halogens is 2. The number of nitrogens with zero attached hydrogens (tertiary/aromatic N) is 2. The van der Waals surface area contributed by atoms with Crippen molar-refractivity contribution < 1.29 is 8.78 Å². The Hall–Kier alpha value is -8.08. The van der Waals surface area contributed by atoms with E-state index in [0.717, 1.165) is 94.0 Å². The molecule has 0 aliphatic rings. The summed E-state index contributed by atoms with van der Waals surface area (Å²) in [6.45, 7) is 1.94. The van der Waals surface area contributed by atoms with E-state index >= 15 is 8.78 Å². The summed E-state index contributed by atoms with van der Waals surface area (Å²) in [7, 11) is 0. The first-order valence-corrected chi connectivity index (χ1v) is 21.2. The topological polar surface area (TPSA) is 6.48 Å². The molecule has 0 saturated heterocycles. The van der Waals surface area contributed by atoms with E-state index in [-0.39, 0.29) is 11.6 Å². The second kappa shape index (κ2) is 15.7. The van der Waals surface area contributed by atoms with Crippen LogP contribution in [0.15, 0.2) is 224 Å². The van der Waals surface area contributed by atoms with Crippen LogP contribution in [0.25, 0.3) is 65.7 Å². The van der Waals surface area contributed by atoms with Crippen LogP contribution >= 0.6 is 0 Å². The molecule has 0 N–H and O–H groups in total. The smallest absolute Gasteiger partial charge is 0.148 e. The van der Waals surface area contributed by atoms with Gasteiger partial charge in [0.1, 0.15) is 11.6 Å². The first-order valence-electron chi connectivity index (χ1n) is 21.2. The van der Waals surface area contributed by atoms with Crippen molar-refractivity contribution in [2.75, 3.05) is 9.80 Å². The molecule has 0 aliphatic heterocycles. The Bertz CT molecular complexity index is 3410. The molecule has 0 spiro atoms. The van der Waals surface area contributed by atoms with Crippen LogP contribution in [0, 0.1) is 18.6 Å². The highest BCUT2D eigenvalue weighted by Gasteiger charge is 2.27. The van der Waals surface area contributed by atoms with Crippen molar-refractivity contribution in [2.45, 2.75) is 6.92 Å². The maximum atomic E-state index is 17.5. The summed E-state index contributed by atoms with van der Waals surface area (Å²) in [4.78, 5) is 4.14. The van der Waals surface area contributed by atoms with Crippen molar-refractivity contribution >= 4 is 66.4 Å². The van der Waals surface area contributed by atoms with Gasteiger partial charge in [-0.25, -0.2) is 8.78 Å². The molecule has 2 nitrogen and oxygen atoms in total. The maximum Gasteiger partial charge on any atom is 0.148 e. The number of para-hydroxylation sites is 2. The molecule has 11 rings (SSSR count). The second-order valence-corrected chi connectivity index (χ2v) is 16.0. The highest BCUT2D eigenvalue weighted by atomic mass is 19.1. The number of hydrogen-bond acceptors (Lipinski definition) is 2.